The van der Waals surface area contributed by atoms with E-state index in [1.54, 1.807) is 48.7 Å². The Morgan fingerprint density at radius 2 is 2.00 bits per heavy atom. The van der Waals surface area contributed by atoms with Crippen molar-refractivity contribution in [2.75, 3.05) is 11.9 Å². The van der Waals surface area contributed by atoms with Crippen LogP contribution in [0.15, 0.2) is 54.2 Å². The SMILES string of the molecule is CCOC1Oc2ccc(Cl)cc2C(=O)C1=CNc1ccc(C(C)=O)cc1. The van der Waals surface area contributed by atoms with Gasteiger partial charge < -0.3 is 14.8 Å². The minimum absolute atomic E-state index is 0.00402. The molecule has 0 amide bonds. The van der Waals surface area contributed by atoms with E-state index in [1.165, 1.54) is 6.92 Å². The van der Waals surface area contributed by atoms with Crippen molar-refractivity contribution < 1.29 is 19.1 Å². The van der Waals surface area contributed by atoms with E-state index in [0.29, 0.717) is 34.1 Å². The molecule has 3 rings (SSSR count). The normalized spacial score (nSPS) is 17.6. The molecule has 6 heteroatoms. The van der Waals surface area contributed by atoms with Crippen LogP contribution in [0, 0.1) is 0 Å². The Bertz CT molecular complexity index is 874. The van der Waals surface area contributed by atoms with Crippen molar-refractivity contribution in [1.82, 2.24) is 0 Å². The van der Waals surface area contributed by atoms with Crippen LogP contribution < -0.4 is 10.1 Å². The summed E-state index contributed by atoms with van der Waals surface area (Å²) in [6.45, 7) is 3.74. The summed E-state index contributed by atoms with van der Waals surface area (Å²) in [5.41, 5.74) is 2.10. The Labute approximate surface area is 156 Å². The van der Waals surface area contributed by atoms with Crippen LogP contribution in [-0.4, -0.2) is 24.5 Å². The van der Waals surface area contributed by atoms with Gasteiger partial charge in [-0.05, 0) is 56.3 Å². The molecule has 2 aromatic carbocycles. The number of nitrogens with one attached hydrogen (secondary N) is 1. The van der Waals surface area contributed by atoms with Gasteiger partial charge in [0.25, 0.3) is 0 Å². The first-order valence-electron chi connectivity index (χ1n) is 8.19. The monoisotopic (exact) mass is 371 g/mol. The molecule has 0 aliphatic carbocycles. The standard InChI is InChI=1S/C20H18ClNO4/c1-3-25-20-17(11-22-15-7-4-13(5-8-15)12(2)23)19(24)16-10-14(21)6-9-18(16)26-20/h4-11,20,22H,3H2,1-2H3. The van der Waals surface area contributed by atoms with Gasteiger partial charge in [-0.15, -0.1) is 0 Å². The van der Waals surface area contributed by atoms with E-state index >= 15 is 0 Å². The van der Waals surface area contributed by atoms with E-state index in [2.05, 4.69) is 5.32 Å². The highest BCUT2D eigenvalue weighted by molar-refractivity contribution is 6.31. The number of halogens is 1. The second-order valence-electron chi connectivity index (χ2n) is 5.75. The lowest BCUT2D eigenvalue weighted by atomic mass is 10.00. The second-order valence-corrected chi connectivity index (χ2v) is 6.19. The van der Waals surface area contributed by atoms with Crippen LogP contribution in [0.4, 0.5) is 5.69 Å². The Hall–Kier alpha value is -2.63. The molecule has 1 aliphatic heterocycles. The summed E-state index contributed by atoms with van der Waals surface area (Å²) in [5, 5.41) is 3.52. The molecule has 0 radical (unpaired) electrons. The van der Waals surface area contributed by atoms with Gasteiger partial charge in [-0.3, -0.25) is 9.59 Å². The number of benzene rings is 2. The van der Waals surface area contributed by atoms with Crippen molar-refractivity contribution in [1.29, 1.82) is 0 Å². The predicted octanol–water partition coefficient (Wildman–Crippen LogP) is 4.48. The van der Waals surface area contributed by atoms with E-state index < -0.39 is 6.29 Å². The van der Waals surface area contributed by atoms with Crippen molar-refractivity contribution in [3.05, 3.63) is 70.4 Å². The molecule has 0 saturated heterocycles. The third kappa shape index (κ3) is 3.79. The summed E-state index contributed by atoms with van der Waals surface area (Å²) in [6, 6.07) is 11.9. The summed E-state index contributed by atoms with van der Waals surface area (Å²) < 4.78 is 11.4. The quantitative estimate of drug-likeness (QED) is 0.620. The van der Waals surface area contributed by atoms with Crippen LogP contribution in [0.2, 0.25) is 5.02 Å². The molecular weight excluding hydrogens is 354 g/mol. The maximum atomic E-state index is 12.8. The molecule has 1 unspecified atom stereocenters. The third-order valence-electron chi connectivity index (χ3n) is 3.94. The fourth-order valence-electron chi connectivity index (χ4n) is 2.59. The fraction of sp³-hybridized carbons (Fsp3) is 0.200. The number of Topliss-reactive ketones (excluding diaryl/α,β-unsaturated/α-hetero) is 2. The molecule has 2 aromatic rings. The van der Waals surface area contributed by atoms with Crippen molar-refractivity contribution >= 4 is 28.9 Å². The fourth-order valence-corrected chi connectivity index (χ4v) is 2.77. The summed E-state index contributed by atoms with van der Waals surface area (Å²) in [7, 11) is 0. The highest BCUT2D eigenvalue weighted by Crippen LogP contribution is 2.33. The Morgan fingerprint density at radius 3 is 2.65 bits per heavy atom. The third-order valence-corrected chi connectivity index (χ3v) is 4.18. The molecule has 0 saturated carbocycles. The lowest BCUT2D eigenvalue weighted by molar-refractivity contribution is -0.0509. The lowest BCUT2D eigenvalue weighted by Gasteiger charge is -2.27. The zero-order valence-electron chi connectivity index (χ0n) is 14.4. The van der Waals surface area contributed by atoms with Crippen molar-refractivity contribution in [3.8, 4) is 5.75 Å². The van der Waals surface area contributed by atoms with Gasteiger partial charge in [0.1, 0.15) is 5.75 Å². The molecule has 0 aromatic heterocycles. The Morgan fingerprint density at radius 1 is 1.27 bits per heavy atom. The summed E-state index contributed by atoms with van der Waals surface area (Å²) >= 11 is 6.00. The lowest BCUT2D eigenvalue weighted by Crippen LogP contribution is -2.33. The average molecular weight is 372 g/mol. The van der Waals surface area contributed by atoms with Crippen molar-refractivity contribution in [3.63, 3.8) is 0 Å². The van der Waals surface area contributed by atoms with E-state index in [9.17, 15) is 9.59 Å². The molecule has 1 aliphatic rings. The Kier molecular flexibility index (Phi) is 5.40. The average Bonchev–Trinajstić information content (AvgIpc) is 2.63. The number of carbonyl (C=O) groups excluding carboxylic acids is 2. The second kappa shape index (κ2) is 7.72. The summed E-state index contributed by atoms with van der Waals surface area (Å²) in [4.78, 5) is 24.2. The van der Waals surface area contributed by atoms with Gasteiger partial charge in [0, 0.05) is 29.1 Å². The smallest absolute Gasteiger partial charge is 0.232 e. The first-order chi connectivity index (χ1) is 12.5. The van der Waals surface area contributed by atoms with Gasteiger partial charge in [0.15, 0.2) is 5.78 Å². The number of ketones is 2. The summed E-state index contributed by atoms with van der Waals surface area (Å²) in [5.74, 6) is 0.233. The molecule has 5 nitrogen and oxygen atoms in total. The number of rotatable bonds is 5. The van der Waals surface area contributed by atoms with Gasteiger partial charge >= 0.3 is 0 Å². The number of carbonyl (C=O) groups is 2. The van der Waals surface area contributed by atoms with E-state index in [0.717, 1.165) is 5.69 Å². The zero-order valence-corrected chi connectivity index (χ0v) is 15.2. The molecule has 0 bridgehead atoms. The largest absolute Gasteiger partial charge is 0.460 e. The van der Waals surface area contributed by atoms with Gasteiger partial charge in [0.2, 0.25) is 12.1 Å². The number of hydrogen-bond donors (Lipinski definition) is 1. The highest BCUT2D eigenvalue weighted by atomic mass is 35.5. The number of hydrogen-bond acceptors (Lipinski definition) is 5. The van der Waals surface area contributed by atoms with Crippen LogP contribution in [0.25, 0.3) is 0 Å². The molecule has 1 N–H and O–H groups in total. The maximum absolute atomic E-state index is 12.8. The molecule has 1 atom stereocenters. The van der Waals surface area contributed by atoms with Crippen molar-refractivity contribution in [2.45, 2.75) is 20.1 Å². The first-order valence-corrected chi connectivity index (χ1v) is 8.57. The van der Waals surface area contributed by atoms with E-state index in [1.807, 2.05) is 6.92 Å². The van der Waals surface area contributed by atoms with Gasteiger partial charge in [-0.1, -0.05) is 11.6 Å². The summed E-state index contributed by atoms with van der Waals surface area (Å²) in [6.07, 6.45) is 0.764. The number of fused-ring (bicyclic) bond motifs is 1. The molecule has 134 valence electrons. The zero-order chi connectivity index (χ0) is 18.7. The molecule has 1 heterocycles. The van der Waals surface area contributed by atoms with Crippen LogP contribution in [-0.2, 0) is 4.74 Å². The minimum Gasteiger partial charge on any atom is -0.460 e. The topological polar surface area (TPSA) is 64.6 Å². The number of anilines is 1. The number of ether oxygens (including phenoxy) is 2. The van der Waals surface area contributed by atoms with Crippen LogP contribution in [0.5, 0.6) is 5.75 Å². The predicted molar refractivity (Wildman–Crippen MR) is 100.0 cm³/mol. The Balaban J connectivity index is 1.88. The minimum atomic E-state index is -0.801. The maximum Gasteiger partial charge on any atom is 0.232 e. The van der Waals surface area contributed by atoms with Crippen molar-refractivity contribution in [2.24, 2.45) is 0 Å². The molecular formula is C20H18ClNO4. The van der Waals surface area contributed by atoms with E-state index in [4.69, 9.17) is 21.1 Å². The highest BCUT2D eigenvalue weighted by Gasteiger charge is 2.32. The van der Waals surface area contributed by atoms with Crippen LogP contribution in [0.3, 0.4) is 0 Å². The van der Waals surface area contributed by atoms with Crippen LogP contribution >= 0.6 is 11.6 Å². The van der Waals surface area contributed by atoms with Gasteiger partial charge in [-0.25, -0.2) is 0 Å². The molecule has 0 fully saturated rings. The van der Waals surface area contributed by atoms with Gasteiger partial charge in [0.05, 0.1) is 11.1 Å². The van der Waals surface area contributed by atoms with Crippen LogP contribution in [0.1, 0.15) is 34.6 Å². The first kappa shape index (κ1) is 18.2. The molecule has 26 heavy (non-hydrogen) atoms. The van der Waals surface area contributed by atoms with E-state index in [-0.39, 0.29) is 11.6 Å². The van der Waals surface area contributed by atoms with Gasteiger partial charge in [-0.2, -0.15) is 0 Å². The molecule has 0 spiro atoms.